The van der Waals surface area contributed by atoms with E-state index in [0.717, 1.165) is 0 Å². The average Bonchev–Trinajstić information content (AvgIpc) is 2.39. The van der Waals surface area contributed by atoms with Crippen LogP contribution in [0.2, 0.25) is 0 Å². The van der Waals surface area contributed by atoms with Gasteiger partial charge in [-0.05, 0) is 29.7 Å². The first-order valence-corrected chi connectivity index (χ1v) is 6.69. The number of hydrogen-bond donors (Lipinski definition) is 3. The molecule has 4 N–H and O–H groups in total. The Morgan fingerprint density at radius 1 is 1.14 bits per heavy atom. The van der Waals surface area contributed by atoms with Crippen LogP contribution in [0.4, 0.5) is 11.4 Å². The first-order chi connectivity index (χ1) is 9.74. The van der Waals surface area contributed by atoms with Crippen LogP contribution in [0.3, 0.4) is 0 Å². The molecule has 0 saturated heterocycles. The summed E-state index contributed by atoms with van der Waals surface area (Å²) in [5, 5.41) is 5.42. The summed E-state index contributed by atoms with van der Waals surface area (Å²) in [5.74, 6) is -0.470. The maximum Gasteiger partial charge on any atom is 0.250 e. The van der Waals surface area contributed by atoms with Crippen molar-refractivity contribution in [3.63, 3.8) is 0 Å². The third kappa shape index (κ3) is 5.53. The van der Waals surface area contributed by atoms with Gasteiger partial charge in [-0.3, -0.25) is 9.59 Å². The SMILES string of the molecule is COCC(=O)Nc1ccc(NC(=O)[C@H](N)C(C)(C)C)cc1. The lowest BCUT2D eigenvalue weighted by Crippen LogP contribution is -2.45. The van der Waals surface area contributed by atoms with E-state index in [9.17, 15) is 9.59 Å². The molecule has 0 radical (unpaired) electrons. The maximum atomic E-state index is 12.0. The first-order valence-electron chi connectivity index (χ1n) is 6.69. The van der Waals surface area contributed by atoms with E-state index in [4.69, 9.17) is 10.5 Å². The van der Waals surface area contributed by atoms with Crippen molar-refractivity contribution in [1.29, 1.82) is 0 Å². The van der Waals surface area contributed by atoms with Crippen LogP contribution in [0.1, 0.15) is 20.8 Å². The number of carbonyl (C=O) groups is 2. The summed E-state index contributed by atoms with van der Waals surface area (Å²) < 4.78 is 4.73. The quantitative estimate of drug-likeness (QED) is 0.768. The van der Waals surface area contributed by atoms with Gasteiger partial charge in [-0.15, -0.1) is 0 Å². The van der Waals surface area contributed by atoms with Crippen LogP contribution in [-0.2, 0) is 14.3 Å². The largest absolute Gasteiger partial charge is 0.375 e. The van der Waals surface area contributed by atoms with Crippen molar-refractivity contribution >= 4 is 23.2 Å². The molecule has 0 aromatic heterocycles. The molecule has 1 rings (SSSR count). The van der Waals surface area contributed by atoms with Crippen LogP contribution in [0.25, 0.3) is 0 Å². The predicted molar refractivity (Wildman–Crippen MR) is 83.0 cm³/mol. The normalized spacial score (nSPS) is 12.6. The fraction of sp³-hybridized carbons (Fsp3) is 0.467. The minimum atomic E-state index is -0.599. The van der Waals surface area contributed by atoms with Crippen molar-refractivity contribution < 1.29 is 14.3 Å². The molecule has 2 amide bonds. The summed E-state index contributed by atoms with van der Waals surface area (Å²) in [6.07, 6.45) is 0. The third-order valence-corrected chi connectivity index (χ3v) is 2.93. The van der Waals surface area contributed by atoms with Crippen molar-refractivity contribution in [2.24, 2.45) is 11.1 Å². The molecular weight excluding hydrogens is 270 g/mol. The molecule has 0 aliphatic carbocycles. The third-order valence-electron chi connectivity index (χ3n) is 2.93. The van der Waals surface area contributed by atoms with Crippen LogP contribution in [0, 0.1) is 5.41 Å². The Morgan fingerprint density at radius 2 is 1.62 bits per heavy atom. The van der Waals surface area contributed by atoms with E-state index in [0.29, 0.717) is 11.4 Å². The van der Waals surface area contributed by atoms with Gasteiger partial charge in [-0.2, -0.15) is 0 Å². The van der Waals surface area contributed by atoms with Gasteiger partial charge in [-0.25, -0.2) is 0 Å². The number of anilines is 2. The standard InChI is InChI=1S/C15H23N3O3/c1-15(2,3)13(16)14(20)18-11-7-5-10(6-8-11)17-12(19)9-21-4/h5-8,13H,9,16H2,1-4H3,(H,17,19)(H,18,20)/t13-/m0/s1. The van der Waals surface area contributed by atoms with Crippen molar-refractivity contribution in [3.8, 4) is 0 Å². The van der Waals surface area contributed by atoms with E-state index >= 15 is 0 Å². The number of hydrogen-bond acceptors (Lipinski definition) is 4. The Morgan fingerprint density at radius 3 is 2.05 bits per heavy atom. The highest BCUT2D eigenvalue weighted by Crippen LogP contribution is 2.19. The van der Waals surface area contributed by atoms with E-state index in [1.807, 2.05) is 20.8 Å². The van der Waals surface area contributed by atoms with Crippen molar-refractivity contribution in [2.45, 2.75) is 26.8 Å². The van der Waals surface area contributed by atoms with Crippen LogP contribution in [0.5, 0.6) is 0 Å². The van der Waals surface area contributed by atoms with E-state index in [1.165, 1.54) is 7.11 Å². The Kier molecular flexibility index (Phi) is 5.87. The summed E-state index contributed by atoms with van der Waals surface area (Å²) in [4.78, 5) is 23.3. The minimum Gasteiger partial charge on any atom is -0.375 e. The topological polar surface area (TPSA) is 93.5 Å². The second-order valence-electron chi connectivity index (χ2n) is 5.89. The Hall–Kier alpha value is -1.92. The molecule has 1 aromatic rings. The summed E-state index contributed by atoms with van der Waals surface area (Å²) in [7, 11) is 1.46. The fourth-order valence-corrected chi connectivity index (χ4v) is 1.58. The van der Waals surface area contributed by atoms with Gasteiger partial charge in [0.05, 0.1) is 6.04 Å². The van der Waals surface area contributed by atoms with Gasteiger partial charge >= 0.3 is 0 Å². The van der Waals surface area contributed by atoms with Gasteiger partial charge in [0.25, 0.3) is 0 Å². The molecule has 116 valence electrons. The first kappa shape index (κ1) is 17.1. The smallest absolute Gasteiger partial charge is 0.250 e. The van der Waals surface area contributed by atoms with Gasteiger partial charge in [0.15, 0.2) is 0 Å². The van der Waals surface area contributed by atoms with E-state index < -0.39 is 6.04 Å². The molecule has 21 heavy (non-hydrogen) atoms. The van der Waals surface area contributed by atoms with Gasteiger partial charge in [-0.1, -0.05) is 20.8 Å². The summed E-state index contributed by atoms with van der Waals surface area (Å²) >= 11 is 0. The number of ether oxygens (including phenoxy) is 1. The van der Waals surface area contributed by atoms with Crippen LogP contribution in [-0.4, -0.2) is 31.6 Å². The van der Waals surface area contributed by atoms with Crippen molar-refractivity contribution in [2.75, 3.05) is 24.4 Å². The van der Waals surface area contributed by atoms with Gasteiger partial charge < -0.3 is 21.1 Å². The highest BCUT2D eigenvalue weighted by atomic mass is 16.5. The van der Waals surface area contributed by atoms with E-state index in [-0.39, 0.29) is 23.8 Å². The van der Waals surface area contributed by atoms with Crippen molar-refractivity contribution in [1.82, 2.24) is 0 Å². The highest BCUT2D eigenvalue weighted by Gasteiger charge is 2.27. The number of nitrogens with one attached hydrogen (secondary N) is 2. The van der Waals surface area contributed by atoms with Gasteiger partial charge in [0, 0.05) is 18.5 Å². The van der Waals surface area contributed by atoms with E-state index in [1.54, 1.807) is 24.3 Å². The van der Waals surface area contributed by atoms with Crippen LogP contribution >= 0.6 is 0 Å². The molecule has 6 heteroatoms. The number of nitrogens with two attached hydrogens (primary N) is 1. The zero-order valence-electron chi connectivity index (χ0n) is 12.9. The zero-order valence-corrected chi connectivity index (χ0v) is 12.9. The van der Waals surface area contributed by atoms with Crippen molar-refractivity contribution in [3.05, 3.63) is 24.3 Å². The number of methoxy groups -OCH3 is 1. The van der Waals surface area contributed by atoms with E-state index in [2.05, 4.69) is 10.6 Å². The number of amides is 2. The van der Waals surface area contributed by atoms with Crippen LogP contribution in [0.15, 0.2) is 24.3 Å². The lowest BCUT2D eigenvalue weighted by Gasteiger charge is -2.25. The molecular formula is C15H23N3O3. The van der Waals surface area contributed by atoms with Gasteiger partial charge in [0.1, 0.15) is 6.61 Å². The molecule has 1 aromatic carbocycles. The molecule has 0 fully saturated rings. The number of carbonyl (C=O) groups excluding carboxylic acids is 2. The predicted octanol–water partition coefficient (Wildman–Crippen LogP) is 1.58. The van der Waals surface area contributed by atoms with Crippen LogP contribution < -0.4 is 16.4 Å². The molecule has 0 saturated carbocycles. The fourth-order valence-electron chi connectivity index (χ4n) is 1.58. The summed E-state index contributed by atoms with van der Waals surface area (Å²) in [5.41, 5.74) is 6.84. The molecule has 6 nitrogen and oxygen atoms in total. The molecule has 0 unspecified atom stereocenters. The monoisotopic (exact) mass is 293 g/mol. The molecule has 0 bridgehead atoms. The highest BCUT2D eigenvalue weighted by molar-refractivity contribution is 5.96. The second kappa shape index (κ2) is 7.19. The molecule has 0 heterocycles. The summed E-state index contributed by atoms with van der Waals surface area (Å²) in [6.45, 7) is 5.72. The lowest BCUT2D eigenvalue weighted by atomic mass is 9.87. The van der Waals surface area contributed by atoms with Gasteiger partial charge in [0.2, 0.25) is 11.8 Å². The number of benzene rings is 1. The molecule has 0 aliphatic rings. The molecule has 1 atom stereocenters. The molecule has 0 aliphatic heterocycles. The average molecular weight is 293 g/mol. The maximum absolute atomic E-state index is 12.0. The Bertz CT molecular complexity index is 492. The number of rotatable bonds is 5. The minimum absolute atomic E-state index is 0.00107. The Balaban J connectivity index is 2.63. The zero-order chi connectivity index (χ0) is 16.0. The second-order valence-corrected chi connectivity index (χ2v) is 5.89. The lowest BCUT2D eigenvalue weighted by molar-refractivity contribution is -0.120. The summed E-state index contributed by atoms with van der Waals surface area (Å²) in [6, 6.07) is 6.21. The Labute approximate surface area is 125 Å². The molecule has 0 spiro atoms.